The molecule has 178 valence electrons. The summed E-state index contributed by atoms with van der Waals surface area (Å²) >= 11 is 3.76. The van der Waals surface area contributed by atoms with Gasteiger partial charge in [-0.05, 0) is 78.4 Å². The molecular weight excluding hydrogens is 480 g/mol. The van der Waals surface area contributed by atoms with E-state index in [-0.39, 0.29) is 23.8 Å². The summed E-state index contributed by atoms with van der Waals surface area (Å²) in [4.78, 5) is 30.7. The van der Waals surface area contributed by atoms with Crippen molar-refractivity contribution in [1.29, 1.82) is 0 Å². The number of carbonyl (C=O) groups excluding carboxylic acids is 2. The van der Waals surface area contributed by atoms with Gasteiger partial charge >= 0.3 is 0 Å². The molecule has 2 N–H and O–H groups in total. The second kappa shape index (κ2) is 9.35. The third-order valence-electron chi connectivity index (χ3n) is 7.15. The van der Waals surface area contributed by atoms with Gasteiger partial charge in [0.05, 0.1) is 22.1 Å². The molecule has 1 aromatic heterocycles. The summed E-state index contributed by atoms with van der Waals surface area (Å²) in [6.07, 6.45) is 3.62. The first-order valence-corrected chi connectivity index (χ1v) is 12.8. The molecular formula is C26H35BrN4O2. The number of amides is 1. The second-order valence-electron chi connectivity index (χ2n) is 9.78. The molecule has 3 atom stereocenters. The average molecular weight is 515 g/mol. The molecule has 6 nitrogen and oxygen atoms in total. The Morgan fingerprint density at radius 2 is 1.94 bits per heavy atom. The van der Waals surface area contributed by atoms with Crippen LogP contribution in [0.4, 0.5) is 0 Å². The predicted octanol–water partition coefficient (Wildman–Crippen LogP) is 4.16. The molecule has 2 heterocycles. The molecule has 0 saturated carbocycles. The first-order chi connectivity index (χ1) is 15.7. The number of benzene rings is 1. The van der Waals surface area contributed by atoms with E-state index in [1.807, 2.05) is 30.9 Å². The quantitative estimate of drug-likeness (QED) is 0.628. The van der Waals surface area contributed by atoms with E-state index in [0.717, 1.165) is 46.1 Å². The summed E-state index contributed by atoms with van der Waals surface area (Å²) in [6.45, 7) is 10.4. The molecule has 4 rings (SSSR count). The first-order valence-electron chi connectivity index (χ1n) is 12.0. The van der Waals surface area contributed by atoms with E-state index in [2.05, 4.69) is 53.9 Å². The van der Waals surface area contributed by atoms with E-state index >= 15 is 0 Å². The van der Waals surface area contributed by atoms with Gasteiger partial charge in [0.2, 0.25) is 11.8 Å². The van der Waals surface area contributed by atoms with E-state index in [0.29, 0.717) is 18.9 Å². The SMILES string of the molecule is CCN(CC)C(=O)[C@@H]1C=C2c3cccc4c3c(c(Br)n4C(=O)[C@@H](N)CC(C)C)C[C@H]2N(C)C1. The number of aromatic nitrogens is 1. The molecule has 1 amide bonds. The number of rotatable bonds is 6. The van der Waals surface area contributed by atoms with Crippen LogP contribution >= 0.6 is 15.9 Å². The lowest BCUT2D eigenvalue weighted by Crippen LogP contribution is -2.47. The van der Waals surface area contributed by atoms with E-state index in [9.17, 15) is 9.59 Å². The van der Waals surface area contributed by atoms with Crippen molar-refractivity contribution in [3.63, 3.8) is 0 Å². The van der Waals surface area contributed by atoms with Gasteiger partial charge in [0.15, 0.2) is 0 Å². The van der Waals surface area contributed by atoms with Crippen molar-refractivity contribution in [3.8, 4) is 0 Å². The number of nitrogens with zero attached hydrogens (tertiary/aromatic N) is 3. The minimum absolute atomic E-state index is 0.0780. The van der Waals surface area contributed by atoms with Gasteiger partial charge in [-0.15, -0.1) is 0 Å². The Morgan fingerprint density at radius 3 is 2.58 bits per heavy atom. The Bertz CT molecular complexity index is 1120. The van der Waals surface area contributed by atoms with Gasteiger partial charge in [-0.3, -0.25) is 19.1 Å². The maximum absolute atomic E-state index is 13.4. The predicted molar refractivity (Wildman–Crippen MR) is 137 cm³/mol. The molecule has 0 spiro atoms. The van der Waals surface area contributed by atoms with E-state index < -0.39 is 6.04 Å². The van der Waals surface area contributed by atoms with E-state index in [1.165, 1.54) is 5.57 Å². The van der Waals surface area contributed by atoms with E-state index in [1.54, 1.807) is 4.57 Å². The highest BCUT2D eigenvalue weighted by atomic mass is 79.9. The number of likely N-dealkylation sites (N-methyl/N-ethyl adjacent to an activating group) is 1. The van der Waals surface area contributed by atoms with Crippen LogP contribution in [-0.2, 0) is 11.2 Å². The number of fused-ring (bicyclic) bond motifs is 2. The molecule has 0 saturated heterocycles. The largest absolute Gasteiger partial charge is 0.343 e. The average Bonchev–Trinajstić information content (AvgIpc) is 3.06. The van der Waals surface area contributed by atoms with Gasteiger partial charge in [0.1, 0.15) is 0 Å². The van der Waals surface area contributed by atoms with Gasteiger partial charge in [-0.2, -0.15) is 0 Å². The van der Waals surface area contributed by atoms with Crippen LogP contribution in [0.5, 0.6) is 0 Å². The van der Waals surface area contributed by atoms with Crippen molar-refractivity contribution in [2.75, 3.05) is 26.7 Å². The first kappa shape index (κ1) is 24.2. The molecule has 2 aliphatic rings. The molecule has 33 heavy (non-hydrogen) atoms. The molecule has 2 aromatic rings. The topological polar surface area (TPSA) is 71.6 Å². The third-order valence-corrected chi connectivity index (χ3v) is 7.98. The van der Waals surface area contributed by atoms with Gasteiger partial charge in [-0.25, -0.2) is 0 Å². The van der Waals surface area contributed by atoms with Gasteiger partial charge < -0.3 is 10.6 Å². The van der Waals surface area contributed by atoms with Crippen LogP contribution in [0.2, 0.25) is 0 Å². The molecule has 0 fully saturated rings. The zero-order valence-corrected chi connectivity index (χ0v) is 21.9. The summed E-state index contributed by atoms with van der Waals surface area (Å²) in [5.41, 5.74) is 10.6. The lowest BCUT2D eigenvalue weighted by Gasteiger charge is -2.40. The summed E-state index contributed by atoms with van der Waals surface area (Å²) < 4.78 is 2.57. The minimum atomic E-state index is -0.547. The van der Waals surface area contributed by atoms with Crippen LogP contribution in [0.15, 0.2) is 28.9 Å². The summed E-state index contributed by atoms with van der Waals surface area (Å²) in [7, 11) is 2.10. The zero-order chi connectivity index (χ0) is 24.0. The molecule has 1 aliphatic heterocycles. The lowest BCUT2D eigenvalue weighted by atomic mass is 9.79. The molecule has 0 bridgehead atoms. The highest BCUT2D eigenvalue weighted by Gasteiger charge is 2.38. The number of hydrogen-bond donors (Lipinski definition) is 1. The van der Waals surface area contributed by atoms with Crippen LogP contribution in [0.3, 0.4) is 0 Å². The van der Waals surface area contributed by atoms with Crippen LogP contribution < -0.4 is 5.73 Å². The Labute approximate surface area is 204 Å². The molecule has 0 unspecified atom stereocenters. The zero-order valence-electron chi connectivity index (χ0n) is 20.3. The fourth-order valence-corrected chi connectivity index (χ4v) is 6.23. The Balaban J connectivity index is 1.83. The molecule has 1 aromatic carbocycles. The maximum Gasteiger partial charge on any atom is 0.248 e. The lowest BCUT2D eigenvalue weighted by molar-refractivity contribution is -0.134. The van der Waals surface area contributed by atoms with Crippen LogP contribution in [-0.4, -0.2) is 64.9 Å². The van der Waals surface area contributed by atoms with Crippen LogP contribution in [0.25, 0.3) is 16.5 Å². The molecule has 7 heteroatoms. The standard InChI is InChI=1S/C26H35BrN4O2/c1-6-30(7-2)25(32)16-12-18-17-9-8-10-21-23(17)19(13-22(18)29(5)14-16)24(27)31(21)26(33)20(28)11-15(3)4/h8-10,12,15-16,20,22H,6-7,11,13-14,28H2,1-5H3/t16-,20+,22-/m1/s1. The van der Waals surface area contributed by atoms with Gasteiger partial charge in [0, 0.05) is 31.1 Å². The van der Waals surface area contributed by atoms with E-state index in [4.69, 9.17) is 5.73 Å². The van der Waals surface area contributed by atoms with Crippen molar-refractivity contribution in [2.24, 2.45) is 17.6 Å². The Morgan fingerprint density at radius 1 is 1.24 bits per heavy atom. The third kappa shape index (κ3) is 4.08. The minimum Gasteiger partial charge on any atom is -0.343 e. The normalized spacial score (nSPS) is 21.2. The maximum atomic E-state index is 13.4. The van der Waals surface area contributed by atoms with Crippen LogP contribution in [0.1, 0.15) is 50.0 Å². The van der Waals surface area contributed by atoms with Crippen molar-refractivity contribution < 1.29 is 9.59 Å². The summed E-state index contributed by atoms with van der Waals surface area (Å²) in [6, 6.07) is 5.76. The van der Waals surface area contributed by atoms with Gasteiger partial charge in [0.25, 0.3) is 0 Å². The molecule has 1 aliphatic carbocycles. The fraction of sp³-hybridized carbons (Fsp3) is 0.538. The Kier molecular flexibility index (Phi) is 6.85. The highest BCUT2D eigenvalue weighted by molar-refractivity contribution is 9.10. The Hall–Kier alpha value is -1.96. The molecule has 0 radical (unpaired) electrons. The van der Waals surface area contributed by atoms with Crippen molar-refractivity contribution in [2.45, 2.75) is 52.6 Å². The van der Waals surface area contributed by atoms with Crippen molar-refractivity contribution in [1.82, 2.24) is 14.4 Å². The number of carbonyl (C=O) groups is 2. The van der Waals surface area contributed by atoms with Crippen molar-refractivity contribution in [3.05, 3.63) is 40.0 Å². The number of halogens is 1. The van der Waals surface area contributed by atoms with Crippen molar-refractivity contribution >= 4 is 44.2 Å². The fourth-order valence-electron chi connectivity index (χ4n) is 5.51. The van der Waals surface area contributed by atoms with Crippen LogP contribution in [0, 0.1) is 11.8 Å². The second-order valence-corrected chi connectivity index (χ2v) is 10.5. The number of nitrogens with two attached hydrogens (primary N) is 1. The monoisotopic (exact) mass is 514 g/mol. The number of hydrogen-bond acceptors (Lipinski definition) is 4. The summed E-state index contributed by atoms with van der Waals surface area (Å²) in [5, 5.41) is 1.10. The smallest absolute Gasteiger partial charge is 0.248 e. The summed E-state index contributed by atoms with van der Waals surface area (Å²) in [5.74, 6) is 0.289. The van der Waals surface area contributed by atoms with Gasteiger partial charge in [-0.1, -0.05) is 32.1 Å². The highest BCUT2D eigenvalue weighted by Crippen LogP contribution is 2.45.